The van der Waals surface area contributed by atoms with Crippen LogP contribution in [0.2, 0.25) is 5.02 Å². The number of hydrogen-bond donors (Lipinski definition) is 2. The number of benzene rings is 3. The molecule has 0 saturated carbocycles. The van der Waals surface area contributed by atoms with Gasteiger partial charge >= 0.3 is 0 Å². The van der Waals surface area contributed by atoms with Crippen LogP contribution in [0.15, 0.2) is 107 Å². The highest BCUT2D eigenvalue weighted by atomic mass is 35.5. The lowest BCUT2D eigenvalue weighted by atomic mass is 10.0. The average molecular weight is 474 g/mol. The van der Waals surface area contributed by atoms with Gasteiger partial charge < -0.3 is 9.98 Å². The topological polar surface area (TPSA) is 57.9 Å². The van der Waals surface area contributed by atoms with Crippen LogP contribution in [-0.2, 0) is 13.0 Å². The molecule has 0 saturated heterocycles. The van der Waals surface area contributed by atoms with Crippen molar-refractivity contribution in [3.05, 3.63) is 135 Å². The second-order valence-electron chi connectivity index (χ2n) is 7.72. The van der Waals surface area contributed by atoms with E-state index in [0.29, 0.717) is 23.8 Å². The molecule has 0 unspecified atom stereocenters. The molecule has 0 aliphatic carbocycles. The second-order valence-corrected chi connectivity index (χ2v) is 9.12. The van der Waals surface area contributed by atoms with Gasteiger partial charge in [0.15, 0.2) is 0 Å². The number of nitrogens with one attached hydrogen (secondary N) is 2. The number of nitrogens with zero attached hydrogens (tertiary/aromatic N) is 1. The maximum atomic E-state index is 11.9. The van der Waals surface area contributed by atoms with E-state index in [1.807, 2.05) is 30.5 Å². The highest BCUT2D eigenvalue weighted by molar-refractivity contribution is 7.97. The van der Waals surface area contributed by atoms with Gasteiger partial charge in [-0.1, -0.05) is 66.2 Å². The highest BCUT2D eigenvalue weighted by Crippen LogP contribution is 2.19. The molecular weight excluding hydrogens is 450 g/mol. The van der Waals surface area contributed by atoms with Crippen molar-refractivity contribution in [1.82, 2.24) is 9.29 Å². The minimum Gasteiger partial charge on any atom is -0.311 e. The Morgan fingerprint density at radius 2 is 1.67 bits per heavy atom. The quantitative estimate of drug-likeness (QED) is 0.238. The zero-order valence-corrected chi connectivity index (χ0v) is 19.6. The number of pyridine rings is 1. The van der Waals surface area contributed by atoms with Gasteiger partial charge in [0.05, 0.1) is 12.3 Å². The SMILES string of the molecule is N=C(CNSc1cccc(Cc2ccc(Cn3ccccc3=O)cc2)c1)c1cccc(Cl)c1. The minimum absolute atomic E-state index is 0.00667. The first-order chi connectivity index (χ1) is 16.1. The fraction of sp³-hybridized carbons (Fsp3) is 0.111. The van der Waals surface area contributed by atoms with Crippen LogP contribution in [0.3, 0.4) is 0 Å². The Balaban J connectivity index is 1.32. The summed E-state index contributed by atoms with van der Waals surface area (Å²) in [5.74, 6) is 0. The van der Waals surface area contributed by atoms with E-state index in [1.54, 1.807) is 22.8 Å². The van der Waals surface area contributed by atoms with Crippen LogP contribution >= 0.6 is 23.5 Å². The summed E-state index contributed by atoms with van der Waals surface area (Å²) < 4.78 is 4.97. The van der Waals surface area contributed by atoms with Gasteiger partial charge in [-0.3, -0.25) is 9.52 Å². The Kier molecular flexibility index (Phi) is 7.79. The fourth-order valence-electron chi connectivity index (χ4n) is 3.47. The van der Waals surface area contributed by atoms with Crippen molar-refractivity contribution in [2.45, 2.75) is 17.9 Å². The van der Waals surface area contributed by atoms with Gasteiger partial charge in [-0.05, 0) is 71.0 Å². The minimum atomic E-state index is 0.00667. The average Bonchev–Trinajstić information content (AvgIpc) is 2.82. The zero-order chi connectivity index (χ0) is 23.0. The molecule has 0 spiro atoms. The highest BCUT2D eigenvalue weighted by Gasteiger charge is 2.04. The van der Waals surface area contributed by atoms with Crippen LogP contribution < -0.4 is 10.3 Å². The summed E-state index contributed by atoms with van der Waals surface area (Å²) in [5.41, 5.74) is 4.87. The predicted molar refractivity (Wildman–Crippen MR) is 138 cm³/mol. The van der Waals surface area contributed by atoms with E-state index in [9.17, 15) is 4.79 Å². The Labute approximate surface area is 202 Å². The van der Waals surface area contributed by atoms with Crippen molar-refractivity contribution in [2.75, 3.05) is 6.54 Å². The third kappa shape index (κ3) is 6.68. The van der Waals surface area contributed by atoms with E-state index in [1.165, 1.54) is 23.1 Å². The lowest BCUT2D eigenvalue weighted by molar-refractivity contribution is 0.759. The molecule has 1 aromatic heterocycles. The van der Waals surface area contributed by atoms with Gasteiger partial charge in [-0.2, -0.15) is 0 Å². The second kappa shape index (κ2) is 11.1. The monoisotopic (exact) mass is 473 g/mol. The summed E-state index contributed by atoms with van der Waals surface area (Å²) in [6.45, 7) is 1.02. The molecular formula is C27H24ClN3OS. The first kappa shape index (κ1) is 23.1. The van der Waals surface area contributed by atoms with Crippen molar-refractivity contribution < 1.29 is 0 Å². The van der Waals surface area contributed by atoms with Crippen molar-refractivity contribution in [2.24, 2.45) is 0 Å². The van der Waals surface area contributed by atoms with Crippen LogP contribution in [0.4, 0.5) is 0 Å². The van der Waals surface area contributed by atoms with Crippen LogP contribution in [0.25, 0.3) is 0 Å². The van der Waals surface area contributed by atoms with Crippen molar-refractivity contribution in [3.63, 3.8) is 0 Å². The number of hydrogen-bond acceptors (Lipinski definition) is 4. The van der Waals surface area contributed by atoms with Gasteiger partial charge in [0.1, 0.15) is 0 Å². The van der Waals surface area contributed by atoms with Gasteiger partial charge in [0.25, 0.3) is 5.56 Å². The van der Waals surface area contributed by atoms with Gasteiger partial charge in [0, 0.05) is 28.7 Å². The Morgan fingerprint density at radius 1 is 0.879 bits per heavy atom. The molecule has 1 heterocycles. The number of rotatable bonds is 9. The Hall–Kier alpha value is -3.12. The molecule has 0 fully saturated rings. The van der Waals surface area contributed by atoms with Crippen LogP contribution in [0, 0.1) is 5.41 Å². The third-order valence-electron chi connectivity index (χ3n) is 5.19. The molecule has 0 radical (unpaired) electrons. The Morgan fingerprint density at radius 3 is 2.45 bits per heavy atom. The van der Waals surface area contributed by atoms with E-state index in [4.69, 9.17) is 17.0 Å². The summed E-state index contributed by atoms with van der Waals surface area (Å²) in [6.07, 6.45) is 2.64. The van der Waals surface area contributed by atoms with E-state index >= 15 is 0 Å². The molecule has 2 N–H and O–H groups in total. The van der Waals surface area contributed by atoms with E-state index in [-0.39, 0.29) is 5.56 Å². The molecule has 166 valence electrons. The lowest BCUT2D eigenvalue weighted by Gasteiger charge is -2.09. The third-order valence-corrected chi connectivity index (χ3v) is 6.21. The Bertz CT molecular complexity index is 1300. The molecule has 6 heteroatoms. The van der Waals surface area contributed by atoms with Crippen molar-refractivity contribution >= 4 is 29.3 Å². The van der Waals surface area contributed by atoms with Gasteiger partial charge in [0.2, 0.25) is 0 Å². The molecule has 4 nitrogen and oxygen atoms in total. The summed E-state index contributed by atoms with van der Waals surface area (Å²) in [5, 5.41) is 8.87. The molecule has 4 rings (SSSR count). The van der Waals surface area contributed by atoms with Gasteiger partial charge in [-0.25, -0.2) is 0 Å². The zero-order valence-electron chi connectivity index (χ0n) is 18.0. The molecule has 0 aliphatic heterocycles. The first-order valence-corrected chi connectivity index (χ1v) is 11.8. The molecule has 4 aromatic rings. The molecule has 0 bridgehead atoms. The van der Waals surface area contributed by atoms with Crippen molar-refractivity contribution in [3.8, 4) is 0 Å². The molecule has 3 aromatic carbocycles. The summed E-state index contributed by atoms with van der Waals surface area (Å²) in [6, 6.07) is 29.4. The van der Waals surface area contributed by atoms with Crippen LogP contribution in [-0.4, -0.2) is 16.8 Å². The predicted octanol–water partition coefficient (Wildman–Crippen LogP) is 5.81. The largest absolute Gasteiger partial charge is 0.311 e. The summed E-state index contributed by atoms with van der Waals surface area (Å²) >= 11 is 7.54. The maximum Gasteiger partial charge on any atom is 0.250 e. The van der Waals surface area contributed by atoms with Crippen molar-refractivity contribution in [1.29, 1.82) is 5.41 Å². The smallest absolute Gasteiger partial charge is 0.250 e. The molecule has 0 aliphatic rings. The summed E-state index contributed by atoms with van der Waals surface area (Å²) in [4.78, 5) is 13.0. The van der Waals surface area contributed by atoms with E-state index in [2.05, 4.69) is 53.3 Å². The molecule has 0 amide bonds. The summed E-state index contributed by atoms with van der Waals surface area (Å²) in [7, 11) is 0. The lowest BCUT2D eigenvalue weighted by Crippen LogP contribution is -2.18. The number of halogens is 1. The first-order valence-electron chi connectivity index (χ1n) is 10.6. The van der Waals surface area contributed by atoms with E-state index in [0.717, 1.165) is 22.4 Å². The van der Waals surface area contributed by atoms with Crippen LogP contribution in [0.1, 0.15) is 22.3 Å². The van der Waals surface area contributed by atoms with E-state index < -0.39 is 0 Å². The maximum absolute atomic E-state index is 11.9. The number of aromatic nitrogens is 1. The van der Waals surface area contributed by atoms with Gasteiger partial charge in [-0.15, -0.1) is 0 Å². The molecule has 0 atom stereocenters. The normalized spacial score (nSPS) is 10.8. The fourth-order valence-corrected chi connectivity index (χ4v) is 4.41. The standard InChI is InChI=1S/C27H24ClN3OS/c28-24-7-4-6-23(17-24)26(29)18-30-33-25-8-3-5-22(16-25)15-20-10-12-21(13-11-20)19-31-14-2-1-9-27(31)32/h1-14,16-17,29-30H,15,18-19H2. The van der Waals surface area contributed by atoms with Crippen LogP contribution in [0.5, 0.6) is 0 Å². The molecule has 33 heavy (non-hydrogen) atoms.